The standard InChI is InChI=1S/C8H8BrN3/c1-2-6-3-4-7-10-11-8(9)12(7)5-6/h3-5H,2H2,1H3. The highest BCUT2D eigenvalue weighted by Gasteiger charge is 2.00. The molecule has 0 bridgehead atoms. The highest BCUT2D eigenvalue weighted by molar-refractivity contribution is 9.10. The molecule has 62 valence electrons. The quantitative estimate of drug-likeness (QED) is 0.744. The third-order valence-corrected chi connectivity index (χ3v) is 2.37. The number of aromatic nitrogens is 3. The van der Waals surface area contributed by atoms with Crippen molar-refractivity contribution in [2.75, 3.05) is 0 Å². The lowest BCUT2D eigenvalue weighted by Crippen LogP contribution is -1.88. The van der Waals surface area contributed by atoms with Crippen LogP contribution in [0.15, 0.2) is 23.1 Å². The van der Waals surface area contributed by atoms with E-state index in [2.05, 4.69) is 39.1 Å². The second-order valence-electron chi connectivity index (χ2n) is 2.59. The van der Waals surface area contributed by atoms with Crippen LogP contribution in [0.3, 0.4) is 0 Å². The Morgan fingerprint density at radius 3 is 3.00 bits per heavy atom. The van der Waals surface area contributed by atoms with E-state index >= 15 is 0 Å². The van der Waals surface area contributed by atoms with Gasteiger partial charge in [0.1, 0.15) is 0 Å². The average Bonchev–Trinajstić information content (AvgIpc) is 2.47. The highest BCUT2D eigenvalue weighted by Crippen LogP contribution is 2.11. The smallest absolute Gasteiger partial charge is 0.204 e. The van der Waals surface area contributed by atoms with Gasteiger partial charge in [0, 0.05) is 6.20 Å². The van der Waals surface area contributed by atoms with Crippen LogP contribution in [-0.4, -0.2) is 14.6 Å². The van der Waals surface area contributed by atoms with E-state index in [-0.39, 0.29) is 0 Å². The Morgan fingerprint density at radius 1 is 1.42 bits per heavy atom. The van der Waals surface area contributed by atoms with Gasteiger partial charge in [0.2, 0.25) is 4.73 Å². The van der Waals surface area contributed by atoms with Crippen LogP contribution in [0.2, 0.25) is 0 Å². The van der Waals surface area contributed by atoms with Crippen molar-refractivity contribution in [1.82, 2.24) is 14.6 Å². The summed E-state index contributed by atoms with van der Waals surface area (Å²) >= 11 is 3.32. The number of hydrogen-bond acceptors (Lipinski definition) is 2. The Balaban J connectivity index is 2.71. The van der Waals surface area contributed by atoms with Crippen molar-refractivity contribution in [3.05, 3.63) is 28.6 Å². The van der Waals surface area contributed by atoms with Gasteiger partial charge in [-0.1, -0.05) is 13.0 Å². The van der Waals surface area contributed by atoms with E-state index in [0.717, 1.165) is 16.8 Å². The minimum absolute atomic E-state index is 0.757. The molecule has 0 aromatic carbocycles. The van der Waals surface area contributed by atoms with Crippen LogP contribution in [0, 0.1) is 0 Å². The SMILES string of the molecule is CCc1ccc2nnc(Br)n2c1. The molecule has 2 aromatic rings. The van der Waals surface area contributed by atoms with Gasteiger partial charge in [0.15, 0.2) is 5.65 Å². The van der Waals surface area contributed by atoms with Crippen molar-refractivity contribution in [2.45, 2.75) is 13.3 Å². The molecule has 0 spiro atoms. The summed E-state index contributed by atoms with van der Waals surface area (Å²) in [5.74, 6) is 0. The van der Waals surface area contributed by atoms with Crippen LogP contribution in [0.25, 0.3) is 5.65 Å². The lowest BCUT2D eigenvalue weighted by atomic mass is 10.2. The van der Waals surface area contributed by atoms with Crippen molar-refractivity contribution in [3.8, 4) is 0 Å². The summed E-state index contributed by atoms with van der Waals surface area (Å²) in [5.41, 5.74) is 2.15. The first-order valence-electron chi connectivity index (χ1n) is 3.80. The van der Waals surface area contributed by atoms with Gasteiger partial charge < -0.3 is 0 Å². The largest absolute Gasteiger partial charge is 0.277 e. The maximum absolute atomic E-state index is 3.96. The van der Waals surface area contributed by atoms with Gasteiger partial charge in [0.25, 0.3) is 0 Å². The molecule has 0 fully saturated rings. The van der Waals surface area contributed by atoms with Crippen LogP contribution in [0.1, 0.15) is 12.5 Å². The minimum atomic E-state index is 0.757. The molecule has 0 N–H and O–H groups in total. The molecule has 0 saturated carbocycles. The molecule has 0 saturated heterocycles. The van der Waals surface area contributed by atoms with E-state index in [1.807, 2.05) is 16.7 Å². The fourth-order valence-electron chi connectivity index (χ4n) is 1.12. The van der Waals surface area contributed by atoms with Crippen molar-refractivity contribution in [2.24, 2.45) is 0 Å². The molecule has 3 nitrogen and oxygen atoms in total. The first-order valence-corrected chi connectivity index (χ1v) is 4.59. The maximum atomic E-state index is 3.96. The minimum Gasteiger partial charge on any atom is -0.277 e. The van der Waals surface area contributed by atoms with Crippen molar-refractivity contribution < 1.29 is 0 Å². The van der Waals surface area contributed by atoms with E-state index in [1.165, 1.54) is 5.56 Å². The second kappa shape index (κ2) is 2.86. The number of halogens is 1. The van der Waals surface area contributed by atoms with Crippen LogP contribution in [0.5, 0.6) is 0 Å². The molecule has 2 rings (SSSR count). The summed E-state index contributed by atoms with van der Waals surface area (Å²) in [7, 11) is 0. The summed E-state index contributed by atoms with van der Waals surface area (Å²) < 4.78 is 2.69. The second-order valence-corrected chi connectivity index (χ2v) is 3.30. The van der Waals surface area contributed by atoms with Gasteiger partial charge in [0.05, 0.1) is 0 Å². The summed E-state index contributed by atoms with van der Waals surface area (Å²) in [4.78, 5) is 0. The highest BCUT2D eigenvalue weighted by atomic mass is 79.9. The number of pyridine rings is 1. The average molecular weight is 226 g/mol. The van der Waals surface area contributed by atoms with Crippen LogP contribution in [-0.2, 0) is 6.42 Å². The molecule has 0 aliphatic heterocycles. The Morgan fingerprint density at radius 2 is 2.25 bits per heavy atom. The van der Waals surface area contributed by atoms with Crippen molar-refractivity contribution in [3.63, 3.8) is 0 Å². The fourth-order valence-corrected chi connectivity index (χ4v) is 1.48. The topological polar surface area (TPSA) is 30.2 Å². The number of hydrogen-bond donors (Lipinski definition) is 0. The van der Waals surface area contributed by atoms with Gasteiger partial charge in [-0.3, -0.25) is 4.40 Å². The van der Waals surface area contributed by atoms with Crippen LogP contribution >= 0.6 is 15.9 Å². The number of rotatable bonds is 1. The third kappa shape index (κ3) is 1.12. The number of fused-ring (bicyclic) bond motifs is 1. The van der Waals surface area contributed by atoms with Crippen molar-refractivity contribution >= 4 is 21.6 Å². The monoisotopic (exact) mass is 225 g/mol. The lowest BCUT2D eigenvalue weighted by molar-refractivity contribution is 1.03. The van der Waals surface area contributed by atoms with Gasteiger partial charge >= 0.3 is 0 Å². The first-order chi connectivity index (χ1) is 5.81. The molecule has 12 heavy (non-hydrogen) atoms. The lowest BCUT2D eigenvalue weighted by Gasteiger charge is -1.97. The molecule has 0 aliphatic carbocycles. The molecule has 4 heteroatoms. The molecule has 0 amide bonds. The van der Waals surface area contributed by atoms with E-state index in [4.69, 9.17) is 0 Å². The fraction of sp³-hybridized carbons (Fsp3) is 0.250. The number of nitrogens with zero attached hydrogens (tertiary/aromatic N) is 3. The van der Waals surface area contributed by atoms with E-state index in [9.17, 15) is 0 Å². The van der Waals surface area contributed by atoms with E-state index in [0.29, 0.717) is 0 Å². The zero-order chi connectivity index (χ0) is 8.55. The molecule has 0 aliphatic rings. The van der Waals surface area contributed by atoms with Gasteiger partial charge in [-0.15, -0.1) is 10.2 Å². The van der Waals surface area contributed by atoms with E-state index in [1.54, 1.807) is 0 Å². The molecule has 2 aromatic heterocycles. The molecule has 0 unspecified atom stereocenters. The third-order valence-electron chi connectivity index (χ3n) is 1.83. The normalized spacial score (nSPS) is 10.8. The van der Waals surface area contributed by atoms with Crippen molar-refractivity contribution in [1.29, 1.82) is 0 Å². The predicted molar refractivity (Wildman–Crippen MR) is 50.1 cm³/mol. The van der Waals surface area contributed by atoms with Crippen LogP contribution < -0.4 is 0 Å². The zero-order valence-corrected chi connectivity index (χ0v) is 8.24. The summed E-state index contributed by atoms with van der Waals surface area (Å²) in [6.45, 7) is 2.12. The Hall–Kier alpha value is -0.900. The molecule has 2 heterocycles. The Kier molecular flexibility index (Phi) is 1.84. The molecular formula is C8H8BrN3. The maximum Gasteiger partial charge on any atom is 0.204 e. The summed E-state index contributed by atoms with van der Waals surface area (Å²) in [5, 5.41) is 7.86. The summed E-state index contributed by atoms with van der Waals surface area (Å²) in [6.07, 6.45) is 3.07. The van der Waals surface area contributed by atoms with Crippen LogP contribution in [0.4, 0.5) is 0 Å². The molecule has 0 radical (unpaired) electrons. The van der Waals surface area contributed by atoms with Gasteiger partial charge in [-0.05, 0) is 34.0 Å². The zero-order valence-electron chi connectivity index (χ0n) is 6.66. The first kappa shape index (κ1) is 7.73. The van der Waals surface area contributed by atoms with Gasteiger partial charge in [-0.25, -0.2) is 0 Å². The van der Waals surface area contributed by atoms with E-state index < -0.39 is 0 Å². The molecule has 0 atom stereocenters. The molecular weight excluding hydrogens is 218 g/mol. The Bertz CT molecular complexity index is 408. The Labute approximate surface area is 78.6 Å². The van der Waals surface area contributed by atoms with Gasteiger partial charge in [-0.2, -0.15) is 0 Å². The number of aryl methyl sites for hydroxylation is 1. The predicted octanol–water partition coefficient (Wildman–Crippen LogP) is 2.05. The summed E-state index contributed by atoms with van der Waals surface area (Å²) in [6, 6.07) is 4.03.